The van der Waals surface area contributed by atoms with Gasteiger partial charge in [-0.15, -0.1) is 21.5 Å². The van der Waals surface area contributed by atoms with E-state index in [4.69, 9.17) is 0 Å². The van der Waals surface area contributed by atoms with Crippen LogP contribution in [0.15, 0.2) is 18.3 Å². The number of hydrogen-bond donors (Lipinski definition) is 2. The van der Waals surface area contributed by atoms with Crippen LogP contribution in [-0.4, -0.2) is 27.6 Å². The monoisotopic (exact) mass is 277 g/mol. The van der Waals surface area contributed by atoms with Crippen molar-refractivity contribution in [1.29, 1.82) is 0 Å². The Hall–Kier alpha value is -2.02. The zero-order valence-corrected chi connectivity index (χ0v) is 11.6. The Kier molecular flexibility index (Phi) is 4.40. The number of anilines is 1. The molecule has 2 rings (SSSR count). The molecular weight excluding hydrogens is 262 g/mol. The maximum absolute atomic E-state index is 11.5. The molecule has 0 spiro atoms. The minimum atomic E-state index is -0.209. The van der Waals surface area contributed by atoms with E-state index >= 15 is 0 Å². The number of hydrogen-bond acceptors (Lipinski definition) is 6. The van der Waals surface area contributed by atoms with Gasteiger partial charge in [-0.05, 0) is 26.0 Å². The van der Waals surface area contributed by atoms with Crippen molar-refractivity contribution >= 4 is 23.1 Å². The summed E-state index contributed by atoms with van der Waals surface area (Å²) in [5, 5.41) is 14.7. The first-order chi connectivity index (χ1) is 9.19. The lowest BCUT2D eigenvalue weighted by Crippen LogP contribution is -2.24. The number of aryl methyl sites for hydroxylation is 1. The van der Waals surface area contributed by atoms with Crippen LogP contribution in [0.1, 0.15) is 27.3 Å². The predicted octanol–water partition coefficient (Wildman–Crippen LogP) is 1.60. The molecule has 2 aromatic rings. The van der Waals surface area contributed by atoms with Gasteiger partial charge in [-0.3, -0.25) is 4.79 Å². The van der Waals surface area contributed by atoms with Crippen LogP contribution in [0.4, 0.5) is 5.82 Å². The average Bonchev–Trinajstić information content (AvgIpc) is 2.83. The molecule has 7 heteroatoms. The van der Waals surface area contributed by atoms with E-state index in [0.717, 1.165) is 9.88 Å². The molecular formula is C12H15N5OS. The first-order valence-electron chi connectivity index (χ1n) is 5.96. The van der Waals surface area contributed by atoms with Crippen molar-refractivity contribution < 1.29 is 4.79 Å². The number of nitrogens with one attached hydrogen (secondary N) is 2. The standard InChI is InChI=1S/C12H15N5OS/c1-3-13-12(18)10-4-5-11(17-16-10)15-7-9-6-14-8(2)19-9/h4-6H,3,7H2,1-2H3,(H,13,18)(H,15,17). The van der Waals surface area contributed by atoms with E-state index in [1.165, 1.54) is 0 Å². The summed E-state index contributed by atoms with van der Waals surface area (Å²) in [6.45, 7) is 5.05. The van der Waals surface area contributed by atoms with E-state index < -0.39 is 0 Å². The molecule has 0 aliphatic heterocycles. The lowest BCUT2D eigenvalue weighted by atomic mass is 10.3. The third-order valence-corrected chi connectivity index (χ3v) is 3.26. The second kappa shape index (κ2) is 6.24. The summed E-state index contributed by atoms with van der Waals surface area (Å²) in [7, 11) is 0. The smallest absolute Gasteiger partial charge is 0.271 e. The van der Waals surface area contributed by atoms with Gasteiger partial charge in [-0.25, -0.2) is 4.98 Å². The highest BCUT2D eigenvalue weighted by Gasteiger charge is 2.06. The van der Waals surface area contributed by atoms with E-state index in [9.17, 15) is 4.79 Å². The molecule has 0 fully saturated rings. The van der Waals surface area contributed by atoms with E-state index in [2.05, 4.69) is 25.8 Å². The molecule has 0 aliphatic carbocycles. The largest absolute Gasteiger partial charge is 0.364 e. The molecule has 0 saturated heterocycles. The topological polar surface area (TPSA) is 79.8 Å². The van der Waals surface area contributed by atoms with Gasteiger partial charge in [0.05, 0.1) is 11.6 Å². The van der Waals surface area contributed by atoms with Crippen LogP contribution >= 0.6 is 11.3 Å². The summed E-state index contributed by atoms with van der Waals surface area (Å²) in [5.41, 5.74) is 0.320. The molecule has 1 amide bonds. The van der Waals surface area contributed by atoms with Gasteiger partial charge in [0, 0.05) is 17.6 Å². The molecule has 0 aromatic carbocycles. The van der Waals surface area contributed by atoms with E-state index in [1.807, 2.05) is 20.0 Å². The fraction of sp³-hybridized carbons (Fsp3) is 0.333. The predicted molar refractivity (Wildman–Crippen MR) is 74.2 cm³/mol. The minimum absolute atomic E-state index is 0.209. The van der Waals surface area contributed by atoms with Crippen molar-refractivity contribution in [3.05, 3.63) is 33.9 Å². The summed E-state index contributed by atoms with van der Waals surface area (Å²) < 4.78 is 0. The van der Waals surface area contributed by atoms with Crippen molar-refractivity contribution in [2.45, 2.75) is 20.4 Å². The van der Waals surface area contributed by atoms with E-state index in [-0.39, 0.29) is 5.91 Å². The Morgan fingerprint density at radius 2 is 2.21 bits per heavy atom. The number of amides is 1. The number of carbonyl (C=O) groups excluding carboxylic acids is 1. The molecule has 0 bridgehead atoms. The summed E-state index contributed by atoms with van der Waals surface area (Å²) in [6.07, 6.45) is 1.84. The SMILES string of the molecule is CCNC(=O)c1ccc(NCc2cnc(C)s2)nn1. The average molecular weight is 277 g/mol. The zero-order valence-electron chi connectivity index (χ0n) is 10.8. The summed E-state index contributed by atoms with van der Waals surface area (Å²) in [5.74, 6) is 0.429. The Labute approximate surface area is 115 Å². The van der Waals surface area contributed by atoms with E-state index in [1.54, 1.807) is 23.5 Å². The second-order valence-electron chi connectivity index (χ2n) is 3.86. The fourth-order valence-corrected chi connectivity index (χ4v) is 2.20. The number of aromatic nitrogens is 3. The molecule has 0 atom stereocenters. The molecule has 19 heavy (non-hydrogen) atoms. The van der Waals surface area contributed by atoms with Crippen molar-refractivity contribution in [3.8, 4) is 0 Å². The number of carbonyl (C=O) groups is 1. The zero-order chi connectivity index (χ0) is 13.7. The molecule has 0 unspecified atom stereocenters. The molecule has 0 saturated carbocycles. The molecule has 6 nitrogen and oxygen atoms in total. The van der Waals surface area contributed by atoms with Crippen molar-refractivity contribution in [3.63, 3.8) is 0 Å². The van der Waals surface area contributed by atoms with Crippen molar-refractivity contribution in [2.75, 3.05) is 11.9 Å². The van der Waals surface area contributed by atoms with Crippen molar-refractivity contribution in [2.24, 2.45) is 0 Å². The molecule has 0 radical (unpaired) electrons. The van der Waals surface area contributed by atoms with Gasteiger partial charge in [0.1, 0.15) is 5.82 Å². The lowest BCUT2D eigenvalue weighted by molar-refractivity contribution is 0.0950. The number of thiazole rings is 1. The molecule has 0 aliphatic rings. The minimum Gasteiger partial charge on any atom is -0.364 e. The first kappa shape index (κ1) is 13.4. The van der Waals surface area contributed by atoms with Crippen LogP contribution in [0.25, 0.3) is 0 Å². The van der Waals surface area contributed by atoms with Crippen LogP contribution < -0.4 is 10.6 Å². The first-order valence-corrected chi connectivity index (χ1v) is 6.78. The quantitative estimate of drug-likeness (QED) is 0.868. The van der Waals surface area contributed by atoms with Gasteiger partial charge in [0.2, 0.25) is 0 Å². The number of nitrogens with zero attached hydrogens (tertiary/aromatic N) is 3. The van der Waals surface area contributed by atoms with Gasteiger partial charge in [0.25, 0.3) is 5.91 Å². The van der Waals surface area contributed by atoms with Crippen LogP contribution in [0.5, 0.6) is 0 Å². The summed E-state index contributed by atoms with van der Waals surface area (Å²) >= 11 is 1.64. The number of rotatable bonds is 5. The van der Waals surface area contributed by atoms with Crippen LogP contribution in [0, 0.1) is 6.92 Å². The van der Waals surface area contributed by atoms with Crippen LogP contribution in [0.3, 0.4) is 0 Å². The maximum atomic E-state index is 11.5. The van der Waals surface area contributed by atoms with Gasteiger partial charge in [0.15, 0.2) is 5.69 Å². The van der Waals surface area contributed by atoms with E-state index in [0.29, 0.717) is 24.6 Å². The second-order valence-corrected chi connectivity index (χ2v) is 5.18. The third kappa shape index (κ3) is 3.72. The summed E-state index contributed by atoms with van der Waals surface area (Å²) in [6, 6.07) is 3.39. The maximum Gasteiger partial charge on any atom is 0.271 e. The van der Waals surface area contributed by atoms with Gasteiger partial charge >= 0.3 is 0 Å². The van der Waals surface area contributed by atoms with Gasteiger partial charge in [-0.1, -0.05) is 0 Å². The molecule has 2 N–H and O–H groups in total. The fourth-order valence-electron chi connectivity index (χ4n) is 1.46. The normalized spacial score (nSPS) is 10.2. The van der Waals surface area contributed by atoms with Crippen molar-refractivity contribution in [1.82, 2.24) is 20.5 Å². The van der Waals surface area contributed by atoms with Gasteiger partial charge < -0.3 is 10.6 Å². The lowest BCUT2D eigenvalue weighted by Gasteiger charge is -2.04. The highest BCUT2D eigenvalue weighted by molar-refractivity contribution is 7.11. The summed E-state index contributed by atoms with van der Waals surface area (Å²) in [4.78, 5) is 16.8. The van der Waals surface area contributed by atoms with Gasteiger partial charge in [-0.2, -0.15) is 0 Å². The molecule has 2 heterocycles. The molecule has 100 valence electrons. The van der Waals surface area contributed by atoms with Crippen LogP contribution in [0.2, 0.25) is 0 Å². The Balaban J connectivity index is 1.93. The Morgan fingerprint density at radius 1 is 1.37 bits per heavy atom. The Morgan fingerprint density at radius 3 is 2.79 bits per heavy atom. The Bertz CT molecular complexity index is 552. The third-order valence-electron chi connectivity index (χ3n) is 2.35. The highest BCUT2D eigenvalue weighted by atomic mass is 32.1. The van der Waals surface area contributed by atoms with Crippen LogP contribution in [-0.2, 0) is 6.54 Å². The highest BCUT2D eigenvalue weighted by Crippen LogP contribution is 2.13. The molecule has 2 aromatic heterocycles.